The van der Waals surface area contributed by atoms with Crippen molar-refractivity contribution in [1.29, 1.82) is 0 Å². The minimum atomic E-state index is 0.527. The van der Waals surface area contributed by atoms with Crippen LogP contribution in [0.5, 0.6) is 0 Å². The van der Waals surface area contributed by atoms with Gasteiger partial charge in [0.1, 0.15) is 5.82 Å². The number of benzene rings is 1. The fraction of sp³-hybridized carbons (Fsp3) is 0.267. The van der Waals surface area contributed by atoms with Gasteiger partial charge in [-0.25, -0.2) is 4.98 Å². The molecule has 0 bridgehead atoms. The van der Waals surface area contributed by atoms with Crippen LogP contribution < -0.4 is 4.90 Å². The van der Waals surface area contributed by atoms with Crippen molar-refractivity contribution in [1.82, 2.24) is 4.98 Å². The SMILES string of the molecule is Cc1nc(N2Cc3ccccc3C2)ccc1CCl. The maximum absolute atomic E-state index is 5.86. The van der Waals surface area contributed by atoms with Gasteiger partial charge in [-0.15, -0.1) is 11.6 Å². The number of aryl methyl sites for hydroxylation is 1. The summed E-state index contributed by atoms with van der Waals surface area (Å²) in [6.07, 6.45) is 0. The molecule has 0 amide bonds. The van der Waals surface area contributed by atoms with E-state index in [1.165, 1.54) is 11.1 Å². The number of anilines is 1. The van der Waals surface area contributed by atoms with E-state index in [1.807, 2.05) is 6.92 Å². The van der Waals surface area contributed by atoms with Crippen molar-refractivity contribution in [3.63, 3.8) is 0 Å². The predicted molar refractivity (Wildman–Crippen MR) is 74.9 cm³/mol. The van der Waals surface area contributed by atoms with E-state index < -0.39 is 0 Å². The quantitative estimate of drug-likeness (QED) is 0.765. The molecule has 0 N–H and O–H groups in total. The molecule has 92 valence electrons. The van der Waals surface area contributed by atoms with Gasteiger partial charge in [0.25, 0.3) is 0 Å². The van der Waals surface area contributed by atoms with E-state index in [2.05, 4.69) is 46.3 Å². The second kappa shape index (κ2) is 4.62. The van der Waals surface area contributed by atoms with Crippen LogP contribution in [0.4, 0.5) is 5.82 Å². The Labute approximate surface area is 112 Å². The molecule has 0 aliphatic carbocycles. The first kappa shape index (κ1) is 11.5. The molecule has 2 nitrogen and oxygen atoms in total. The van der Waals surface area contributed by atoms with Crippen molar-refractivity contribution >= 4 is 17.4 Å². The van der Waals surface area contributed by atoms with E-state index in [4.69, 9.17) is 11.6 Å². The number of hydrogen-bond donors (Lipinski definition) is 0. The lowest BCUT2D eigenvalue weighted by Crippen LogP contribution is -2.16. The van der Waals surface area contributed by atoms with E-state index in [9.17, 15) is 0 Å². The Morgan fingerprint density at radius 2 is 1.78 bits per heavy atom. The maximum atomic E-state index is 5.86. The van der Waals surface area contributed by atoms with E-state index in [-0.39, 0.29) is 0 Å². The highest BCUT2D eigenvalue weighted by Crippen LogP contribution is 2.27. The van der Waals surface area contributed by atoms with Gasteiger partial charge in [-0.3, -0.25) is 0 Å². The van der Waals surface area contributed by atoms with Crippen LogP contribution in [0.15, 0.2) is 36.4 Å². The molecule has 1 aromatic heterocycles. The van der Waals surface area contributed by atoms with Crippen molar-refractivity contribution in [2.45, 2.75) is 25.9 Å². The molecule has 3 heteroatoms. The average Bonchev–Trinajstić information content (AvgIpc) is 2.82. The summed E-state index contributed by atoms with van der Waals surface area (Å²) in [5, 5.41) is 0. The Bertz CT molecular complexity index is 555. The summed E-state index contributed by atoms with van der Waals surface area (Å²) in [7, 11) is 0. The molecule has 0 saturated carbocycles. The molecular formula is C15H15ClN2. The van der Waals surface area contributed by atoms with Gasteiger partial charge in [0.15, 0.2) is 0 Å². The molecule has 1 aliphatic rings. The minimum Gasteiger partial charge on any atom is -0.348 e. The predicted octanol–water partition coefficient (Wildman–Crippen LogP) is 3.65. The van der Waals surface area contributed by atoms with Gasteiger partial charge in [-0.05, 0) is 29.7 Å². The number of aromatic nitrogens is 1. The molecule has 0 radical (unpaired) electrons. The zero-order valence-corrected chi connectivity index (χ0v) is 11.1. The number of pyridine rings is 1. The molecule has 0 saturated heterocycles. The third kappa shape index (κ3) is 1.97. The van der Waals surface area contributed by atoms with Gasteiger partial charge in [0, 0.05) is 24.7 Å². The van der Waals surface area contributed by atoms with E-state index >= 15 is 0 Å². The van der Waals surface area contributed by atoms with Crippen molar-refractivity contribution in [3.05, 3.63) is 58.8 Å². The largest absolute Gasteiger partial charge is 0.348 e. The standard InChI is InChI=1S/C15H15ClN2/c1-11-12(8-16)6-7-15(17-11)18-9-13-4-2-3-5-14(13)10-18/h2-7H,8-10H2,1H3. The second-order valence-corrected chi connectivity index (χ2v) is 4.94. The fourth-order valence-corrected chi connectivity index (χ4v) is 2.67. The fourth-order valence-electron chi connectivity index (χ4n) is 2.39. The molecule has 2 heterocycles. The van der Waals surface area contributed by atoms with Crippen LogP contribution in [0.1, 0.15) is 22.4 Å². The first-order chi connectivity index (χ1) is 8.78. The van der Waals surface area contributed by atoms with Gasteiger partial charge in [-0.1, -0.05) is 30.3 Å². The van der Waals surface area contributed by atoms with Gasteiger partial charge >= 0.3 is 0 Å². The topological polar surface area (TPSA) is 16.1 Å². The Hall–Kier alpha value is -1.54. The molecule has 2 aromatic rings. The maximum Gasteiger partial charge on any atom is 0.129 e. The summed E-state index contributed by atoms with van der Waals surface area (Å²) in [4.78, 5) is 6.95. The summed E-state index contributed by atoms with van der Waals surface area (Å²) in [6.45, 7) is 3.91. The lowest BCUT2D eigenvalue weighted by molar-refractivity contribution is 0.850. The van der Waals surface area contributed by atoms with Crippen molar-refractivity contribution in [2.24, 2.45) is 0 Å². The Kier molecular flexibility index (Phi) is 2.96. The number of hydrogen-bond acceptors (Lipinski definition) is 2. The lowest BCUT2D eigenvalue weighted by Gasteiger charge is -2.17. The first-order valence-electron chi connectivity index (χ1n) is 6.12. The van der Waals surface area contributed by atoms with Crippen molar-refractivity contribution < 1.29 is 0 Å². The van der Waals surface area contributed by atoms with Crippen molar-refractivity contribution in [2.75, 3.05) is 4.90 Å². The molecular weight excluding hydrogens is 244 g/mol. The molecule has 0 fully saturated rings. The molecule has 0 atom stereocenters. The average molecular weight is 259 g/mol. The number of rotatable bonds is 2. The van der Waals surface area contributed by atoms with Crippen LogP contribution in [0.3, 0.4) is 0 Å². The third-order valence-electron chi connectivity index (χ3n) is 3.49. The van der Waals surface area contributed by atoms with E-state index in [0.717, 1.165) is 30.2 Å². The minimum absolute atomic E-state index is 0.527. The zero-order valence-electron chi connectivity index (χ0n) is 10.4. The first-order valence-corrected chi connectivity index (χ1v) is 6.65. The second-order valence-electron chi connectivity index (χ2n) is 4.67. The van der Waals surface area contributed by atoms with Gasteiger partial charge < -0.3 is 4.90 Å². The van der Waals surface area contributed by atoms with Crippen LogP contribution >= 0.6 is 11.6 Å². The zero-order chi connectivity index (χ0) is 12.5. The summed E-state index contributed by atoms with van der Waals surface area (Å²) in [5.74, 6) is 1.57. The molecule has 1 aliphatic heterocycles. The molecule has 1 aromatic carbocycles. The van der Waals surface area contributed by atoms with Crippen LogP contribution in [0.25, 0.3) is 0 Å². The van der Waals surface area contributed by atoms with Gasteiger partial charge in [0.05, 0.1) is 0 Å². The Morgan fingerprint density at radius 1 is 1.11 bits per heavy atom. The van der Waals surface area contributed by atoms with Crippen LogP contribution in [0, 0.1) is 6.92 Å². The summed E-state index contributed by atoms with van der Waals surface area (Å²) in [6, 6.07) is 12.7. The summed E-state index contributed by atoms with van der Waals surface area (Å²) < 4.78 is 0. The highest BCUT2D eigenvalue weighted by molar-refractivity contribution is 6.17. The number of fused-ring (bicyclic) bond motifs is 1. The van der Waals surface area contributed by atoms with Crippen LogP contribution in [0.2, 0.25) is 0 Å². The molecule has 0 spiro atoms. The lowest BCUT2D eigenvalue weighted by atomic mass is 10.1. The van der Waals surface area contributed by atoms with E-state index in [0.29, 0.717) is 5.88 Å². The molecule has 18 heavy (non-hydrogen) atoms. The third-order valence-corrected chi connectivity index (χ3v) is 3.78. The number of alkyl halides is 1. The Morgan fingerprint density at radius 3 is 2.33 bits per heavy atom. The highest BCUT2D eigenvalue weighted by atomic mass is 35.5. The normalized spacial score (nSPS) is 13.8. The number of halogens is 1. The Balaban J connectivity index is 1.88. The summed E-state index contributed by atoms with van der Waals surface area (Å²) >= 11 is 5.86. The van der Waals surface area contributed by atoms with Gasteiger partial charge in [0.2, 0.25) is 0 Å². The van der Waals surface area contributed by atoms with Crippen LogP contribution in [-0.2, 0) is 19.0 Å². The molecule has 0 unspecified atom stereocenters. The summed E-state index contributed by atoms with van der Waals surface area (Å²) in [5.41, 5.74) is 4.94. The van der Waals surface area contributed by atoms with E-state index in [1.54, 1.807) is 0 Å². The highest BCUT2D eigenvalue weighted by Gasteiger charge is 2.19. The van der Waals surface area contributed by atoms with Crippen molar-refractivity contribution in [3.8, 4) is 0 Å². The molecule has 3 rings (SSSR count). The number of nitrogens with zero attached hydrogens (tertiary/aromatic N) is 2. The smallest absolute Gasteiger partial charge is 0.129 e. The van der Waals surface area contributed by atoms with Gasteiger partial charge in [-0.2, -0.15) is 0 Å². The van der Waals surface area contributed by atoms with Crippen LogP contribution in [-0.4, -0.2) is 4.98 Å². The monoisotopic (exact) mass is 258 g/mol.